The summed E-state index contributed by atoms with van der Waals surface area (Å²) >= 11 is 0. The molecule has 0 heterocycles. The Morgan fingerprint density at radius 2 is 2.04 bits per heavy atom. The highest BCUT2D eigenvalue weighted by atomic mass is 32.2. The summed E-state index contributed by atoms with van der Waals surface area (Å²) < 4.78 is 27.5. The van der Waals surface area contributed by atoms with E-state index in [9.17, 15) is 23.1 Å². The molecule has 0 aliphatic heterocycles. The van der Waals surface area contributed by atoms with Crippen LogP contribution in [-0.2, 0) is 19.4 Å². The molecule has 0 unspecified atom stereocenters. The van der Waals surface area contributed by atoms with Gasteiger partial charge < -0.3 is 15.2 Å². The van der Waals surface area contributed by atoms with Crippen molar-refractivity contribution in [3.8, 4) is 5.75 Å². The van der Waals surface area contributed by atoms with Crippen LogP contribution in [0.1, 0.15) is 25.7 Å². The van der Waals surface area contributed by atoms with E-state index in [4.69, 9.17) is 4.74 Å². The van der Waals surface area contributed by atoms with Crippen molar-refractivity contribution >= 4 is 27.4 Å². The highest BCUT2D eigenvalue weighted by Gasteiger charge is 2.45. The quantitative estimate of drug-likeness (QED) is 0.734. The number of amides is 1. The maximum absolute atomic E-state index is 12.1. The molecule has 1 aromatic rings. The Labute approximate surface area is 140 Å². The number of benzene rings is 1. The van der Waals surface area contributed by atoms with Crippen molar-refractivity contribution in [3.05, 3.63) is 24.3 Å². The Kier molecular flexibility index (Phi) is 5.48. The molecule has 1 aromatic carbocycles. The van der Waals surface area contributed by atoms with Gasteiger partial charge in [-0.2, -0.15) is 0 Å². The summed E-state index contributed by atoms with van der Waals surface area (Å²) in [6, 6.07) is 6.56. The van der Waals surface area contributed by atoms with Gasteiger partial charge in [0.2, 0.25) is 5.91 Å². The topological polar surface area (TPSA) is 110 Å². The van der Waals surface area contributed by atoms with Gasteiger partial charge in [0.15, 0.2) is 9.84 Å². The van der Waals surface area contributed by atoms with Gasteiger partial charge in [0.1, 0.15) is 12.4 Å². The average molecular weight is 355 g/mol. The lowest BCUT2D eigenvalue weighted by molar-refractivity contribution is -0.157. The Balaban J connectivity index is 1.91. The molecule has 1 saturated carbocycles. The fourth-order valence-corrected chi connectivity index (χ4v) is 2.94. The first-order valence-corrected chi connectivity index (χ1v) is 9.70. The van der Waals surface area contributed by atoms with Gasteiger partial charge in [-0.1, -0.05) is 12.5 Å². The molecule has 1 amide bonds. The lowest BCUT2D eigenvalue weighted by Crippen LogP contribution is -2.41. The van der Waals surface area contributed by atoms with E-state index in [0.29, 0.717) is 24.3 Å². The van der Waals surface area contributed by atoms with Gasteiger partial charge in [0.25, 0.3) is 0 Å². The van der Waals surface area contributed by atoms with Crippen molar-refractivity contribution in [3.63, 3.8) is 0 Å². The maximum Gasteiger partial charge on any atom is 0.310 e. The third-order valence-corrected chi connectivity index (χ3v) is 5.01. The number of hydrogen-bond donors (Lipinski definition) is 2. The zero-order valence-corrected chi connectivity index (χ0v) is 14.3. The zero-order chi connectivity index (χ0) is 17.8. The second-order valence-electron chi connectivity index (χ2n) is 6.17. The van der Waals surface area contributed by atoms with E-state index in [1.165, 1.54) is 0 Å². The van der Waals surface area contributed by atoms with Crippen molar-refractivity contribution in [1.29, 1.82) is 0 Å². The van der Waals surface area contributed by atoms with Gasteiger partial charge in [-0.05, 0) is 25.0 Å². The first-order chi connectivity index (χ1) is 11.2. The number of anilines is 1. The van der Waals surface area contributed by atoms with Crippen LogP contribution in [0.15, 0.2) is 24.3 Å². The number of rotatable bonds is 8. The molecule has 8 heteroatoms. The molecule has 0 bridgehead atoms. The number of carboxylic acids is 1. The second-order valence-corrected chi connectivity index (χ2v) is 8.43. The molecule has 2 rings (SSSR count). The summed E-state index contributed by atoms with van der Waals surface area (Å²) in [5, 5.41) is 11.9. The summed E-state index contributed by atoms with van der Waals surface area (Å²) in [4.78, 5) is 23.4. The molecule has 1 fully saturated rings. The number of hydrogen-bond acceptors (Lipinski definition) is 5. The molecule has 0 atom stereocenters. The molecule has 24 heavy (non-hydrogen) atoms. The largest absolute Gasteiger partial charge is 0.492 e. The Hall–Kier alpha value is -2.09. The van der Waals surface area contributed by atoms with E-state index >= 15 is 0 Å². The number of carboxylic acid groups (broad SMARTS) is 1. The van der Waals surface area contributed by atoms with E-state index < -0.39 is 21.2 Å². The Morgan fingerprint density at radius 1 is 1.33 bits per heavy atom. The van der Waals surface area contributed by atoms with Crippen molar-refractivity contribution < 1.29 is 27.9 Å². The van der Waals surface area contributed by atoms with Gasteiger partial charge in [0, 0.05) is 24.4 Å². The van der Waals surface area contributed by atoms with Crippen LogP contribution in [0.2, 0.25) is 0 Å². The molecule has 1 aliphatic carbocycles. The van der Waals surface area contributed by atoms with Gasteiger partial charge in [-0.15, -0.1) is 0 Å². The summed E-state index contributed by atoms with van der Waals surface area (Å²) in [5.74, 6) is -0.940. The Morgan fingerprint density at radius 3 is 2.58 bits per heavy atom. The van der Waals surface area contributed by atoms with Crippen LogP contribution in [0.4, 0.5) is 5.69 Å². The van der Waals surface area contributed by atoms with Crippen LogP contribution < -0.4 is 10.1 Å². The molecule has 1 aliphatic rings. The predicted molar refractivity (Wildman–Crippen MR) is 88.8 cm³/mol. The first-order valence-electron chi connectivity index (χ1n) is 7.64. The van der Waals surface area contributed by atoms with Crippen LogP contribution >= 0.6 is 0 Å². The second kappa shape index (κ2) is 7.21. The van der Waals surface area contributed by atoms with Gasteiger partial charge >= 0.3 is 5.97 Å². The summed E-state index contributed by atoms with van der Waals surface area (Å²) in [6.45, 7) is 0.0261. The molecule has 0 spiro atoms. The number of sulfone groups is 1. The first kappa shape index (κ1) is 18.3. The SMILES string of the molecule is CS(=O)(=O)CCOc1cccc(NC(=O)CC2(C(=O)O)CCC2)c1. The highest BCUT2D eigenvalue weighted by molar-refractivity contribution is 7.90. The van der Waals surface area contributed by atoms with E-state index in [2.05, 4.69) is 5.32 Å². The molecule has 0 saturated heterocycles. The summed E-state index contributed by atoms with van der Waals surface area (Å²) in [7, 11) is -3.10. The number of ether oxygens (including phenoxy) is 1. The fraction of sp³-hybridized carbons (Fsp3) is 0.500. The minimum absolute atomic E-state index is 0.0261. The van der Waals surface area contributed by atoms with Crippen LogP contribution in [-0.4, -0.2) is 44.0 Å². The molecule has 132 valence electrons. The number of carbonyl (C=O) groups is 2. The third kappa shape index (κ3) is 4.95. The van der Waals surface area contributed by atoms with Crippen molar-refractivity contribution in [2.24, 2.45) is 5.41 Å². The minimum Gasteiger partial charge on any atom is -0.492 e. The van der Waals surface area contributed by atoms with Gasteiger partial charge in [-0.3, -0.25) is 9.59 Å². The number of nitrogens with one attached hydrogen (secondary N) is 1. The molecule has 0 radical (unpaired) electrons. The molecular weight excluding hydrogens is 334 g/mol. The average Bonchev–Trinajstić information content (AvgIpc) is 2.41. The summed E-state index contributed by atoms with van der Waals surface area (Å²) in [5.41, 5.74) is -0.454. The summed E-state index contributed by atoms with van der Waals surface area (Å²) in [6.07, 6.45) is 2.94. The Bertz CT molecular complexity index is 724. The number of aliphatic carboxylic acids is 1. The molecule has 0 aromatic heterocycles. The smallest absolute Gasteiger partial charge is 0.310 e. The third-order valence-electron chi connectivity index (χ3n) is 4.10. The zero-order valence-electron chi connectivity index (χ0n) is 13.4. The lowest BCUT2D eigenvalue weighted by atomic mass is 9.66. The van der Waals surface area contributed by atoms with Crippen LogP contribution in [0, 0.1) is 5.41 Å². The maximum atomic E-state index is 12.1. The standard InChI is InChI=1S/C16H21NO6S/c1-24(21,22)9-8-23-13-5-2-4-12(10-13)17-14(18)11-16(15(19)20)6-3-7-16/h2,4-5,10H,3,6-9,11H2,1H3,(H,17,18)(H,19,20). The fourth-order valence-electron chi connectivity index (χ4n) is 2.56. The van der Waals surface area contributed by atoms with Crippen LogP contribution in [0.25, 0.3) is 0 Å². The number of carbonyl (C=O) groups excluding carboxylic acids is 1. The van der Waals surface area contributed by atoms with Crippen LogP contribution in [0.5, 0.6) is 5.75 Å². The normalized spacial score (nSPS) is 16.0. The van der Waals surface area contributed by atoms with Crippen molar-refractivity contribution in [2.45, 2.75) is 25.7 Å². The highest BCUT2D eigenvalue weighted by Crippen LogP contribution is 2.44. The van der Waals surface area contributed by atoms with Crippen molar-refractivity contribution in [1.82, 2.24) is 0 Å². The molecular formula is C16H21NO6S. The van der Waals surface area contributed by atoms with Crippen molar-refractivity contribution in [2.75, 3.05) is 23.9 Å². The monoisotopic (exact) mass is 355 g/mol. The van der Waals surface area contributed by atoms with E-state index in [1.807, 2.05) is 0 Å². The molecule has 2 N–H and O–H groups in total. The minimum atomic E-state index is -3.10. The predicted octanol–water partition coefficient (Wildman–Crippen LogP) is 1.69. The van der Waals surface area contributed by atoms with Crippen LogP contribution in [0.3, 0.4) is 0 Å². The van der Waals surface area contributed by atoms with Gasteiger partial charge in [0.05, 0.1) is 11.2 Å². The van der Waals surface area contributed by atoms with E-state index in [1.54, 1.807) is 24.3 Å². The van der Waals surface area contributed by atoms with E-state index in [0.717, 1.165) is 12.7 Å². The van der Waals surface area contributed by atoms with Gasteiger partial charge in [-0.25, -0.2) is 8.42 Å². The lowest BCUT2D eigenvalue weighted by Gasteiger charge is -2.36. The molecule has 7 nitrogen and oxygen atoms in total. The van der Waals surface area contributed by atoms with E-state index in [-0.39, 0.29) is 24.7 Å².